The van der Waals surface area contributed by atoms with Crippen LogP contribution in [0, 0.1) is 0 Å². The van der Waals surface area contributed by atoms with Crippen molar-refractivity contribution in [3.05, 3.63) is 59.2 Å². The first-order chi connectivity index (χ1) is 12.2. The van der Waals surface area contributed by atoms with E-state index in [4.69, 9.17) is 9.47 Å². The van der Waals surface area contributed by atoms with Crippen LogP contribution in [0.5, 0.6) is 11.5 Å². The van der Waals surface area contributed by atoms with Gasteiger partial charge in [0, 0.05) is 18.1 Å². The molecule has 0 atom stereocenters. The summed E-state index contributed by atoms with van der Waals surface area (Å²) in [4.78, 5) is 20.9. The number of carbonyl (C=O) groups is 1. The van der Waals surface area contributed by atoms with Gasteiger partial charge in [-0.25, -0.2) is 4.98 Å². The Hall–Kier alpha value is -2.93. The molecule has 2 heterocycles. The van der Waals surface area contributed by atoms with Crippen molar-refractivity contribution >= 4 is 17.2 Å². The number of aromatic nitrogens is 2. The third kappa shape index (κ3) is 3.95. The summed E-state index contributed by atoms with van der Waals surface area (Å²) < 4.78 is 10.5. The normalized spacial score (nSPS) is 10.3. The van der Waals surface area contributed by atoms with E-state index in [0.29, 0.717) is 23.7 Å². The minimum absolute atomic E-state index is 0.229. The fraction of sp³-hybridized carbons (Fsp3) is 0.167. The highest BCUT2D eigenvalue weighted by Gasteiger charge is 2.12. The van der Waals surface area contributed by atoms with E-state index in [-0.39, 0.29) is 5.91 Å². The lowest BCUT2D eigenvalue weighted by Gasteiger charge is -2.10. The predicted octanol–water partition coefficient (Wildman–Crippen LogP) is 3.15. The number of ether oxygens (including phenoxy) is 2. The molecule has 6 nitrogen and oxygen atoms in total. The molecule has 0 bridgehead atoms. The van der Waals surface area contributed by atoms with Crippen LogP contribution in [0.3, 0.4) is 0 Å². The number of methoxy groups -OCH3 is 2. The SMILES string of the molecule is COc1ccc(CNC(=O)c2csc(-c3ccccn3)n2)cc1OC. The number of thiazole rings is 1. The van der Waals surface area contributed by atoms with Crippen molar-refractivity contribution in [2.75, 3.05) is 14.2 Å². The maximum Gasteiger partial charge on any atom is 0.271 e. The minimum Gasteiger partial charge on any atom is -0.493 e. The number of amides is 1. The van der Waals surface area contributed by atoms with Crippen molar-refractivity contribution in [3.63, 3.8) is 0 Å². The van der Waals surface area contributed by atoms with E-state index in [1.54, 1.807) is 25.8 Å². The molecule has 2 aromatic heterocycles. The van der Waals surface area contributed by atoms with Crippen molar-refractivity contribution in [2.24, 2.45) is 0 Å². The zero-order valence-corrected chi connectivity index (χ0v) is 14.7. The molecule has 0 aliphatic heterocycles. The van der Waals surface area contributed by atoms with Gasteiger partial charge in [0.15, 0.2) is 11.5 Å². The predicted molar refractivity (Wildman–Crippen MR) is 96.1 cm³/mol. The Balaban J connectivity index is 1.66. The van der Waals surface area contributed by atoms with Crippen molar-refractivity contribution < 1.29 is 14.3 Å². The number of benzene rings is 1. The molecule has 3 aromatic rings. The van der Waals surface area contributed by atoms with Crippen molar-refractivity contribution in [1.82, 2.24) is 15.3 Å². The lowest BCUT2D eigenvalue weighted by molar-refractivity contribution is 0.0946. The number of rotatable bonds is 6. The summed E-state index contributed by atoms with van der Waals surface area (Å²) in [7, 11) is 3.16. The van der Waals surface area contributed by atoms with Crippen molar-refractivity contribution in [2.45, 2.75) is 6.54 Å². The van der Waals surface area contributed by atoms with Crippen molar-refractivity contribution in [3.8, 4) is 22.2 Å². The molecule has 1 amide bonds. The first-order valence-electron chi connectivity index (χ1n) is 7.57. The standard InChI is InChI=1S/C18H17N3O3S/c1-23-15-7-6-12(9-16(15)24-2)10-20-17(22)14-11-25-18(21-14)13-5-3-4-8-19-13/h3-9,11H,10H2,1-2H3,(H,20,22). The Morgan fingerprint density at radius 2 is 2.00 bits per heavy atom. The van der Waals surface area contributed by atoms with E-state index in [0.717, 1.165) is 16.3 Å². The Morgan fingerprint density at radius 1 is 1.16 bits per heavy atom. The molecule has 0 aliphatic rings. The smallest absolute Gasteiger partial charge is 0.271 e. The van der Waals surface area contributed by atoms with Gasteiger partial charge in [-0.1, -0.05) is 12.1 Å². The number of nitrogens with one attached hydrogen (secondary N) is 1. The largest absolute Gasteiger partial charge is 0.493 e. The molecule has 0 aliphatic carbocycles. The fourth-order valence-electron chi connectivity index (χ4n) is 2.25. The highest BCUT2D eigenvalue weighted by molar-refractivity contribution is 7.13. The van der Waals surface area contributed by atoms with Crippen LogP contribution < -0.4 is 14.8 Å². The monoisotopic (exact) mass is 355 g/mol. The Kier molecular flexibility index (Phi) is 5.25. The number of hydrogen-bond donors (Lipinski definition) is 1. The van der Waals surface area contributed by atoms with E-state index >= 15 is 0 Å². The molecule has 3 rings (SSSR count). The molecule has 0 fully saturated rings. The first-order valence-corrected chi connectivity index (χ1v) is 8.45. The van der Waals surface area contributed by atoms with Gasteiger partial charge in [0.1, 0.15) is 10.7 Å². The average Bonchev–Trinajstić information content (AvgIpc) is 3.17. The number of hydrogen-bond acceptors (Lipinski definition) is 6. The summed E-state index contributed by atoms with van der Waals surface area (Å²) >= 11 is 1.39. The minimum atomic E-state index is -0.229. The van der Waals surface area contributed by atoms with Gasteiger partial charge < -0.3 is 14.8 Å². The van der Waals surface area contributed by atoms with Gasteiger partial charge in [-0.3, -0.25) is 9.78 Å². The van der Waals surface area contributed by atoms with Crippen LogP contribution >= 0.6 is 11.3 Å². The lowest BCUT2D eigenvalue weighted by Crippen LogP contribution is -2.23. The molecule has 0 saturated carbocycles. The van der Waals surface area contributed by atoms with Crippen molar-refractivity contribution in [1.29, 1.82) is 0 Å². The van der Waals surface area contributed by atoms with Crippen LogP contribution in [-0.4, -0.2) is 30.1 Å². The highest BCUT2D eigenvalue weighted by atomic mass is 32.1. The molecule has 128 valence electrons. The summed E-state index contributed by atoms with van der Waals surface area (Å²) in [5.74, 6) is 1.05. The summed E-state index contributed by atoms with van der Waals surface area (Å²) in [5, 5.41) is 5.31. The molecule has 1 N–H and O–H groups in total. The quantitative estimate of drug-likeness (QED) is 0.735. The van der Waals surface area contributed by atoms with Crippen LogP contribution in [0.2, 0.25) is 0 Å². The van der Waals surface area contributed by atoms with E-state index < -0.39 is 0 Å². The van der Waals surface area contributed by atoms with Crippen LogP contribution in [0.25, 0.3) is 10.7 Å². The van der Waals surface area contributed by atoms with Crippen LogP contribution in [-0.2, 0) is 6.54 Å². The van der Waals surface area contributed by atoms with E-state index in [2.05, 4.69) is 15.3 Å². The maximum atomic E-state index is 12.3. The molecular weight excluding hydrogens is 338 g/mol. The molecular formula is C18H17N3O3S. The van der Waals surface area contributed by atoms with Gasteiger partial charge >= 0.3 is 0 Å². The zero-order valence-electron chi connectivity index (χ0n) is 13.9. The van der Waals surface area contributed by atoms with Gasteiger partial charge in [-0.2, -0.15) is 0 Å². The summed E-state index contributed by atoms with van der Waals surface area (Å²) in [6.07, 6.45) is 1.70. The van der Waals surface area contributed by atoms with Gasteiger partial charge in [-0.05, 0) is 29.8 Å². The van der Waals surface area contributed by atoms with E-state index in [1.807, 2.05) is 36.4 Å². The second-order valence-electron chi connectivity index (χ2n) is 5.12. The van der Waals surface area contributed by atoms with Gasteiger partial charge in [0.2, 0.25) is 0 Å². The molecule has 0 unspecified atom stereocenters. The molecule has 0 saturated heterocycles. The van der Waals surface area contributed by atoms with Crippen LogP contribution in [0.4, 0.5) is 0 Å². The summed E-state index contributed by atoms with van der Waals surface area (Å²) in [5.41, 5.74) is 2.05. The number of carbonyl (C=O) groups excluding carboxylic acids is 1. The topological polar surface area (TPSA) is 73.3 Å². The maximum absolute atomic E-state index is 12.3. The number of nitrogens with zero attached hydrogens (tertiary/aromatic N) is 2. The zero-order chi connectivity index (χ0) is 17.6. The lowest BCUT2D eigenvalue weighted by atomic mass is 10.2. The third-order valence-electron chi connectivity index (χ3n) is 3.52. The molecule has 0 spiro atoms. The van der Waals surface area contributed by atoms with Crippen LogP contribution in [0.1, 0.15) is 16.1 Å². The van der Waals surface area contributed by atoms with Gasteiger partial charge in [0.25, 0.3) is 5.91 Å². The third-order valence-corrected chi connectivity index (χ3v) is 4.39. The summed E-state index contributed by atoms with van der Waals surface area (Å²) in [6, 6.07) is 11.1. The second kappa shape index (κ2) is 7.76. The first kappa shape index (κ1) is 16.9. The average molecular weight is 355 g/mol. The number of pyridine rings is 1. The molecule has 0 radical (unpaired) electrons. The van der Waals surface area contributed by atoms with Gasteiger partial charge in [-0.15, -0.1) is 11.3 Å². The fourth-order valence-corrected chi connectivity index (χ4v) is 3.02. The Bertz CT molecular complexity index is 865. The van der Waals surface area contributed by atoms with E-state index in [9.17, 15) is 4.79 Å². The van der Waals surface area contributed by atoms with E-state index in [1.165, 1.54) is 11.3 Å². The second-order valence-corrected chi connectivity index (χ2v) is 5.98. The molecule has 25 heavy (non-hydrogen) atoms. The van der Waals surface area contributed by atoms with Crippen LogP contribution in [0.15, 0.2) is 48.0 Å². The Labute approximate surface area is 149 Å². The Morgan fingerprint density at radius 3 is 2.72 bits per heavy atom. The highest BCUT2D eigenvalue weighted by Crippen LogP contribution is 2.27. The van der Waals surface area contributed by atoms with Gasteiger partial charge in [0.05, 0.1) is 19.9 Å². The summed E-state index contributed by atoms with van der Waals surface area (Å²) in [6.45, 7) is 0.371. The molecule has 1 aromatic carbocycles. The molecule has 7 heteroatoms.